The lowest BCUT2D eigenvalue weighted by molar-refractivity contribution is -0.130. The second-order valence-electron chi connectivity index (χ2n) is 8.21. The van der Waals surface area contributed by atoms with Gasteiger partial charge < -0.3 is 9.64 Å². The number of hydrogen-bond donors (Lipinski definition) is 0. The number of nitrogens with zero attached hydrogens (tertiary/aromatic N) is 2. The van der Waals surface area contributed by atoms with Crippen molar-refractivity contribution >= 4 is 11.9 Å². The van der Waals surface area contributed by atoms with E-state index in [1.54, 1.807) is 12.1 Å². The topological polar surface area (TPSA) is 49.9 Å². The fourth-order valence-electron chi connectivity index (χ4n) is 4.09. The number of amides is 1. The number of hydrogen-bond acceptors (Lipinski definition) is 4. The quantitative estimate of drug-likeness (QED) is 0.542. The molecule has 0 aromatic heterocycles. The molecule has 1 saturated heterocycles. The highest BCUT2D eigenvalue weighted by Crippen LogP contribution is 2.28. The van der Waals surface area contributed by atoms with Crippen LogP contribution in [0, 0.1) is 5.92 Å². The monoisotopic (exact) mass is 396 g/mol. The normalized spacial score (nSPS) is 20.8. The van der Waals surface area contributed by atoms with Crippen molar-refractivity contribution in [1.29, 1.82) is 0 Å². The maximum atomic E-state index is 12.6. The summed E-state index contributed by atoms with van der Waals surface area (Å²) < 4.78 is 4.73. The highest BCUT2D eigenvalue weighted by molar-refractivity contribution is 5.89. The highest BCUT2D eigenvalue weighted by atomic mass is 16.5. The Morgan fingerprint density at radius 2 is 1.90 bits per heavy atom. The molecule has 1 aromatic carbocycles. The Morgan fingerprint density at radius 1 is 1.14 bits per heavy atom. The number of allylic oxidation sites excluding steroid dienone is 2. The van der Waals surface area contributed by atoms with Crippen LogP contribution < -0.4 is 0 Å². The summed E-state index contributed by atoms with van der Waals surface area (Å²) in [6.07, 6.45) is 6.38. The highest BCUT2D eigenvalue weighted by Gasteiger charge is 2.23. The van der Waals surface area contributed by atoms with Gasteiger partial charge in [0.05, 0.1) is 12.7 Å². The summed E-state index contributed by atoms with van der Waals surface area (Å²) in [6.45, 7) is 10.2. The molecule has 0 saturated carbocycles. The van der Waals surface area contributed by atoms with Gasteiger partial charge in [0.2, 0.25) is 5.91 Å². The van der Waals surface area contributed by atoms with Gasteiger partial charge in [-0.2, -0.15) is 0 Å². The Kier molecular flexibility index (Phi) is 7.26. The molecule has 1 aromatic rings. The van der Waals surface area contributed by atoms with Crippen molar-refractivity contribution in [3.63, 3.8) is 0 Å². The van der Waals surface area contributed by atoms with E-state index in [4.69, 9.17) is 4.74 Å². The summed E-state index contributed by atoms with van der Waals surface area (Å²) in [6, 6.07) is 7.30. The van der Waals surface area contributed by atoms with Crippen LogP contribution in [0.25, 0.3) is 0 Å². The Balaban J connectivity index is 1.53. The molecule has 1 fully saturated rings. The molecule has 0 radical (unpaired) electrons. The molecule has 156 valence electrons. The molecule has 0 bridgehead atoms. The molecule has 29 heavy (non-hydrogen) atoms. The van der Waals surface area contributed by atoms with E-state index in [1.807, 2.05) is 17.0 Å². The molecule has 1 heterocycles. The average molecular weight is 397 g/mol. The van der Waals surface area contributed by atoms with Crippen LogP contribution in [-0.2, 0) is 16.1 Å². The van der Waals surface area contributed by atoms with Crippen molar-refractivity contribution < 1.29 is 14.3 Å². The zero-order valence-electron chi connectivity index (χ0n) is 17.7. The molecule has 5 nitrogen and oxygen atoms in total. The Labute approximate surface area is 174 Å². The van der Waals surface area contributed by atoms with Crippen LogP contribution >= 0.6 is 0 Å². The molecule has 1 atom stereocenters. The van der Waals surface area contributed by atoms with E-state index in [1.165, 1.54) is 24.7 Å². The SMILES string of the molecule is C=C(C)[C@@H]1CC=C(CN2CCC(=O)N(Cc3ccc(C(=O)OC)cc3)CC2)CC1. The Hall–Kier alpha value is -2.40. The molecule has 5 heteroatoms. The van der Waals surface area contributed by atoms with Crippen molar-refractivity contribution in [3.8, 4) is 0 Å². The molecule has 1 aliphatic carbocycles. The van der Waals surface area contributed by atoms with Crippen molar-refractivity contribution in [2.75, 3.05) is 33.3 Å². The van der Waals surface area contributed by atoms with Crippen LogP contribution in [0.5, 0.6) is 0 Å². The van der Waals surface area contributed by atoms with E-state index in [2.05, 4.69) is 24.5 Å². The number of ether oxygens (including phenoxy) is 1. The van der Waals surface area contributed by atoms with Crippen LogP contribution in [0.2, 0.25) is 0 Å². The van der Waals surface area contributed by atoms with Crippen molar-refractivity contribution in [2.45, 2.75) is 39.2 Å². The van der Waals surface area contributed by atoms with E-state index in [9.17, 15) is 9.59 Å². The number of carbonyl (C=O) groups excluding carboxylic acids is 2. The first-order chi connectivity index (χ1) is 14.0. The first kappa shape index (κ1) is 21.3. The molecule has 2 aliphatic rings. The Morgan fingerprint density at radius 3 is 2.52 bits per heavy atom. The predicted octanol–water partition coefficient (Wildman–Crippen LogP) is 3.81. The molecule has 1 aliphatic heterocycles. The summed E-state index contributed by atoms with van der Waals surface area (Å²) in [5, 5.41) is 0. The molecule has 0 N–H and O–H groups in total. The van der Waals surface area contributed by atoms with Crippen LogP contribution in [0.15, 0.2) is 48.1 Å². The minimum atomic E-state index is -0.343. The largest absolute Gasteiger partial charge is 0.465 e. The van der Waals surface area contributed by atoms with Gasteiger partial charge in [-0.3, -0.25) is 9.69 Å². The van der Waals surface area contributed by atoms with Crippen LogP contribution in [-0.4, -0.2) is 55.0 Å². The van der Waals surface area contributed by atoms with Crippen molar-refractivity contribution in [3.05, 3.63) is 59.2 Å². The van der Waals surface area contributed by atoms with Gasteiger partial charge in [0.25, 0.3) is 0 Å². The summed E-state index contributed by atoms with van der Waals surface area (Å²) in [7, 11) is 1.38. The van der Waals surface area contributed by atoms with Gasteiger partial charge in [0, 0.05) is 39.1 Å². The van der Waals surface area contributed by atoms with E-state index >= 15 is 0 Å². The lowest BCUT2D eigenvalue weighted by atomic mass is 9.85. The van der Waals surface area contributed by atoms with Gasteiger partial charge in [0.15, 0.2) is 0 Å². The average Bonchev–Trinajstić information content (AvgIpc) is 2.90. The number of esters is 1. The lowest BCUT2D eigenvalue weighted by Gasteiger charge is -2.27. The second-order valence-corrected chi connectivity index (χ2v) is 8.21. The first-order valence-corrected chi connectivity index (χ1v) is 10.5. The lowest BCUT2D eigenvalue weighted by Crippen LogP contribution is -2.33. The maximum Gasteiger partial charge on any atom is 0.337 e. The van der Waals surface area contributed by atoms with Gasteiger partial charge >= 0.3 is 5.97 Å². The smallest absolute Gasteiger partial charge is 0.337 e. The van der Waals surface area contributed by atoms with Crippen LogP contribution in [0.4, 0.5) is 0 Å². The van der Waals surface area contributed by atoms with E-state index in [0.29, 0.717) is 24.4 Å². The van der Waals surface area contributed by atoms with Gasteiger partial charge in [-0.1, -0.05) is 35.9 Å². The third kappa shape index (κ3) is 5.80. The number of carbonyl (C=O) groups is 2. The molecule has 0 spiro atoms. The summed E-state index contributed by atoms with van der Waals surface area (Å²) in [5.41, 5.74) is 4.34. The fourth-order valence-corrected chi connectivity index (χ4v) is 4.09. The second kappa shape index (κ2) is 9.88. The van der Waals surface area contributed by atoms with Crippen LogP contribution in [0.1, 0.15) is 48.5 Å². The zero-order valence-corrected chi connectivity index (χ0v) is 17.7. The predicted molar refractivity (Wildman–Crippen MR) is 114 cm³/mol. The third-order valence-corrected chi connectivity index (χ3v) is 6.06. The minimum Gasteiger partial charge on any atom is -0.465 e. The molecule has 3 rings (SSSR count). The summed E-state index contributed by atoms with van der Waals surface area (Å²) in [5.74, 6) is 0.486. The van der Waals surface area contributed by atoms with Gasteiger partial charge in [0.1, 0.15) is 0 Å². The van der Waals surface area contributed by atoms with E-state index in [-0.39, 0.29) is 11.9 Å². The maximum absolute atomic E-state index is 12.6. The molecule has 0 unspecified atom stereocenters. The van der Waals surface area contributed by atoms with Crippen molar-refractivity contribution in [1.82, 2.24) is 9.80 Å². The van der Waals surface area contributed by atoms with Gasteiger partial charge in [-0.25, -0.2) is 4.79 Å². The van der Waals surface area contributed by atoms with Crippen LogP contribution in [0.3, 0.4) is 0 Å². The molecular weight excluding hydrogens is 364 g/mol. The minimum absolute atomic E-state index is 0.199. The standard InChI is InChI=1S/C24H32N2O3/c1-18(2)21-8-4-19(5-9-21)16-25-13-12-23(27)26(15-14-25)17-20-6-10-22(11-7-20)24(28)29-3/h4,6-7,10-11,21H,1,5,8-9,12-17H2,2-3H3/t21-/m1/s1. The summed E-state index contributed by atoms with van der Waals surface area (Å²) >= 11 is 0. The summed E-state index contributed by atoms with van der Waals surface area (Å²) in [4.78, 5) is 28.5. The van der Waals surface area contributed by atoms with Gasteiger partial charge in [-0.05, 0) is 49.8 Å². The number of methoxy groups -OCH3 is 1. The number of rotatable bonds is 6. The fraction of sp³-hybridized carbons (Fsp3) is 0.500. The van der Waals surface area contributed by atoms with Crippen molar-refractivity contribution in [2.24, 2.45) is 5.92 Å². The molecular formula is C24H32N2O3. The zero-order chi connectivity index (χ0) is 20.8. The van der Waals surface area contributed by atoms with E-state index < -0.39 is 0 Å². The molecule has 1 amide bonds. The third-order valence-electron chi connectivity index (χ3n) is 6.06. The van der Waals surface area contributed by atoms with Gasteiger partial charge in [-0.15, -0.1) is 0 Å². The number of benzene rings is 1. The Bertz CT molecular complexity index is 782. The first-order valence-electron chi connectivity index (χ1n) is 10.5. The van der Waals surface area contributed by atoms with E-state index in [0.717, 1.165) is 44.6 Å².